The molecule has 0 aliphatic carbocycles. The molecule has 2 heterocycles. The minimum absolute atomic E-state index is 0.0165. The third-order valence-corrected chi connectivity index (χ3v) is 4.71. The topological polar surface area (TPSA) is 66.0 Å². The number of benzene rings is 2. The smallest absolute Gasteiger partial charge is 0.225 e. The number of hydrogen-bond acceptors (Lipinski definition) is 5. The SMILES string of the molecule is COc1cccc([C@@H]2CC(=O)Nc3cc4c(cc32)OCCO4)c1OC(C)C. The van der Waals surface area contributed by atoms with Crippen LogP contribution < -0.4 is 24.3 Å². The maximum absolute atomic E-state index is 12.4. The number of anilines is 1. The van der Waals surface area contributed by atoms with Gasteiger partial charge >= 0.3 is 0 Å². The van der Waals surface area contributed by atoms with Crippen LogP contribution in [0.1, 0.15) is 37.3 Å². The summed E-state index contributed by atoms with van der Waals surface area (Å²) in [7, 11) is 1.62. The molecule has 2 aromatic rings. The molecule has 0 saturated heterocycles. The number of carbonyl (C=O) groups is 1. The Balaban J connectivity index is 1.85. The lowest BCUT2D eigenvalue weighted by Gasteiger charge is -2.30. The van der Waals surface area contributed by atoms with Crippen molar-refractivity contribution in [3.63, 3.8) is 0 Å². The number of amides is 1. The summed E-state index contributed by atoms with van der Waals surface area (Å²) >= 11 is 0. The summed E-state index contributed by atoms with van der Waals surface area (Å²) in [5, 5.41) is 2.95. The second kappa shape index (κ2) is 7.02. The lowest BCUT2D eigenvalue weighted by Crippen LogP contribution is -2.25. The van der Waals surface area contributed by atoms with Crippen molar-refractivity contribution in [3.05, 3.63) is 41.5 Å². The number of ether oxygens (including phenoxy) is 4. The van der Waals surface area contributed by atoms with Crippen LogP contribution in [0.4, 0.5) is 5.69 Å². The fourth-order valence-corrected chi connectivity index (χ4v) is 3.60. The van der Waals surface area contributed by atoms with E-state index in [9.17, 15) is 4.79 Å². The Morgan fingerprint density at radius 2 is 1.85 bits per heavy atom. The zero-order valence-electron chi connectivity index (χ0n) is 15.7. The van der Waals surface area contributed by atoms with E-state index >= 15 is 0 Å². The van der Waals surface area contributed by atoms with E-state index < -0.39 is 0 Å². The Bertz CT molecular complexity index is 877. The third-order valence-electron chi connectivity index (χ3n) is 4.71. The zero-order valence-corrected chi connectivity index (χ0v) is 15.7. The molecular formula is C21H23NO5. The molecule has 0 saturated carbocycles. The first-order chi connectivity index (χ1) is 13.1. The molecule has 1 amide bonds. The van der Waals surface area contributed by atoms with E-state index in [1.165, 1.54) is 0 Å². The minimum atomic E-state index is -0.159. The van der Waals surface area contributed by atoms with Crippen molar-refractivity contribution < 1.29 is 23.7 Å². The second-order valence-corrected chi connectivity index (χ2v) is 6.93. The molecule has 2 aromatic carbocycles. The summed E-state index contributed by atoms with van der Waals surface area (Å²) < 4.78 is 23.0. The fraction of sp³-hybridized carbons (Fsp3) is 0.381. The van der Waals surface area contributed by atoms with Crippen molar-refractivity contribution in [1.82, 2.24) is 0 Å². The monoisotopic (exact) mass is 369 g/mol. The van der Waals surface area contributed by atoms with Crippen molar-refractivity contribution in [2.45, 2.75) is 32.3 Å². The van der Waals surface area contributed by atoms with Crippen molar-refractivity contribution in [2.24, 2.45) is 0 Å². The molecule has 2 aliphatic heterocycles. The lowest BCUT2D eigenvalue weighted by molar-refractivity contribution is -0.116. The molecule has 6 heteroatoms. The largest absolute Gasteiger partial charge is 0.493 e. The highest BCUT2D eigenvalue weighted by atomic mass is 16.6. The van der Waals surface area contributed by atoms with E-state index in [0.29, 0.717) is 42.6 Å². The maximum Gasteiger partial charge on any atom is 0.225 e. The number of methoxy groups -OCH3 is 1. The first-order valence-corrected chi connectivity index (χ1v) is 9.13. The van der Waals surface area contributed by atoms with Crippen LogP contribution in [-0.4, -0.2) is 32.3 Å². The number of nitrogens with one attached hydrogen (secondary N) is 1. The molecule has 0 bridgehead atoms. The van der Waals surface area contributed by atoms with Crippen LogP contribution in [0.25, 0.3) is 0 Å². The first-order valence-electron chi connectivity index (χ1n) is 9.13. The minimum Gasteiger partial charge on any atom is -0.493 e. The van der Waals surface area contributed by atoms with Gasteiger partial charge in [-0.3, -0.25) is 4.79 Å². The van der Waals surface area contributed by atoms with E-state index in [-0.39, 0.29) is 17.9 Å². The predicted molar refractivity (Wildman–Crippen MR) is 101 cm³/mol. The Morgan fingerprint density at radius 3 is 2.56 bits per heavy atom. The Kier molecular flexibility index (Phi) is 4.56. The highest BCUT2D eigenvalue weighted by Crippen LogP contribution is 2.47. The molecule has 2 aliphatic rings. The van der Waals surface area contributed by atoms with Gasteiger partial charge in [0.2, 0.25) is 5.91 Å². The normalized spacial score (nSPS) is 17.9. The van der Waals surface area contributed by atoms with Crippen LogP contribution in [-0.2, 0) is 4.79 Å². The highest BCUT2D eigenvalue weighted by molar-refractivity contribution is 5.96. The van der Waals surface area contributed by atoms with Gasteiger partial charge in [0.15, 0.2) is 23.0 Å². The molecule has 1 atom stereocenters. The average Bonchev–Trinajstić information content (AvgIpc) is 2.65. The number of fused-ring (bicyclic) bond motifs is 2. The molecule has 0 fully saturated rings. The number of para-hydroxylation sites is 1. The Labute approximate surface area is 158 Å². The summed E-state index contributed by atoms with van der Waals surface area (Å²) in [6, 6.07) is 9.59. The van der Waals surface area contributed by atoms with Crippen LogP contribution in [0.2, 0.25) is 0 Å². The molecule has 27 heavy (non-hydrogen) atoms. The van der Waals surface area contributed by atoms with Gasteiger partial charge in [0.05, 0.1) is 13.2 Å². The molecular weight excluding hydrogens is 346 g/mol. The lowest BCUT2D eigenvalue weighted by atomic mass is 9.84. The standard InChI is InChI=1S/C21H23NO5/c1-12(2)27-21-13(5-4-6-17(21)24-3)14-10-20(23)22-16-11-19-18(9-15(14)16)25-7-8-26-19/h4-6,9,11-12,14H,7-8,10H2,1-3H3,(H,22,23)/t14-/m0/s1. The molecule has 4 rings (SSSR count). The Morgan fingerprint density at radius 1 is 1.11 bits per heavy atom. The average molecular weight is 369 g/mol. The van der Waals surface area contributed by atoms with Gasteiger partial charge in [-0.05, 0) is 31.5 Å². The molecule has 6 nitrogen and oxygen atoms in total. The second-order valence-electron chi connectivity index (χ2n) is 6.93. The van der Waals surface area contributed by atoms with Gasteiger partial charge in [-0.25, -0.2) is 0 Å². The summed E-state index contributed by atoms with van der Waals surface area (Å²) in [5.41, 5.74) is 2.66. The number of carbonyl (C=O) groups excluding carboxylic acids is 1. The quantitative estimate of drug-likeness (QED) is 0.890. The predicted octanol–water partition coefficient (Wildman–Crippen LogP) is 3.73. The summed E-state index contributed by atoms with van der Waals surface area (Å²) in [6.45, 7) is 4.97. The summed E-state index contributed by atoms with van der Waals surface area (Å²) in [5.74, 6) is 2.50. The molecule has 0 spiro atoms. The van der Waals surface area contributed by atoms with Crippen molar-refractivity contribution >= 4 is 11.6 Å². The highest BCUT2D eigenvalue weighted by Gasteiger charge is 2.32. The van der Waals surface area contributed by atoms with Crippen LogP contribution >= 0.6 is 0 Å². The van der Waals surface area contributed by atoms with Crippen molar-refractivity contribution in [3.8, 4) is 23.0 Å². The number of rotatable bonds is 4. The van der Waals surface area contributed by atoms with E-state index in [4.69, 9.17) is 18.9 Å². The fourth-order valence-electron chi connectivity index (χ4n) is 3.60. The van der Waals surface area contributed by atoms with E-state index in [1.807, 2.05) is 44.2 Å². The van der Waals surface area contributed by atoms with E-state index in [2.05, 4.69) is 5.32 Å². The molecule has 0 aromatic heterocycles. The van der Waals surface area contributed by atoms with Crippen LogP contribution in [0, 0.1) is 0 Å². The molecule has 142 valence electrons. The Hall–Kier alpha value is -2.89. The van der Waals surface area contributed by atoms with Gasteiger partial charge in [-0.2, -0.15) is 0 Å². The van der Waals surface area contributed by atoms with Crippen LogP contribution in [0.3, 0.4) is 0 Å². The summed E-state index contributed by atoms with van der Waals surface area (Å²) in [4.78, 5) is 12.4. The van der Waals surface area contributed by atoms with Gasteiger partial charge in [0.1, 0.15) is 13.2 Å². The van der Waals surface area contributed by atoms with Crippen molar-refractivity contribution in [1.29, 1.82) is 0 Å². The molecule has 1 N–H and O–H groups in total. The van der Waals surface area contributed by atoms with Gasteiger partial charge in [0, 0.05) is 29.7 Å². The van der Waals surface area contributed by atoms with Gasteiger partial charge in [-0.15, -0.1) is 0 Å². The maximum atomic E-state index is 12.4. The first kappa shape index (κ1) is 17.5. The van der Waals surface area contributed by atoms with Crippen LogP contribution in [0.5, 0.6) is 23.0 Å². The van der Waals surface area contributed by atoms with Crippen LogP contribution in [0.15, 0.2) is 30.3 Å². The zero-order chi connectivity index (χ0) is 19.0. The molecule has 0 radical (unpaired) electrons. The van der Waals surface area contributed by atoms with Gasteiger partial charge in [-0.1, -0.05) is 12.1 Å². The van der Waals surface area contributed by atoms with E-state index in [1.54, 1.807) is 7.11 Å². The van der Waals surface area contributed by atoms with Gasteiger partial charge in [0.25, 0.3) is 0 Å². The van der Waals surface area contributed by atoms with Crippen molar-refractivity contribution in [2.75, 3.05) is 25.6 Å². The van der Waals surface area contributed by atoms with E-state index in [0.717, 1.165) is 16.8 Å². The van der Waals surface area contributed by atoms with Gasteiger partial charge < -0.3 is 24.3 Å². The number of hydrogen-bond donors (Lipinski definition) is 1. The third kappa shape index (κ3) is 3.27. The summed E-state index contributed by atoms with van der Waals surface area (Å²) in [6.07, 6.45) is 0.311. The molecule has 0 unspecified atom stereocenters.